The van der Waals surface area contributed by atoms with E-state index in [1.54, 1.807) is 0 Å². The molecular weight excluding hydrogens is 430 g/mol. The average Bonchev–Trinajstić information content (AvgIpc) is 2.67. The van der Waals surface area contributed by atoms with Gasteiger partial charge in [-0.05, 0) is 48.6 Å². The summed E-state index contributed by atoms with van der Waals surface area (Å²) in [6.07, 6.45) is 0.971. The summed E-state index contributed by atoms with van der Waals surface area (Å²) in [7, 11) is -7.92. The van der Waals surface area contributed by atoms with Crippen LogP contribution in [0, 0.1) is 22.0 Å². The fourth-order valence-electron chi connectivity index (χ4n) is 3.69. The Balaban J connectivity index is 1.83. The summed E-state index contributed by atoms with van der Waals surface area (Å²) in [5.74, 6) is 0.521. The minimum absolute atomic E-state index is 0.0671. The second kappa shape index (κ2) is 8.32. The highest BCUT2D eigenvalue weighted by molar-refractivity contribution is 7.93. The van der Waals surface area contributed by atoms with E-state index in [0.717, 1.165) is 18.6 Å². The van der Waals surface area contributed by atoms with Crippen LogP contribution in [0.15, 0.2) is 58.3 Å². The van der Waals surface area contributed by atoms with E-state index in [1.807, 2.05) is 13.8 Å². The van der Waals surface area contributed by atoms with Gasteiger partial charge in [0.25, 0.3) is 15.7 Å². The molecule has 2 atom stereocenters. The second-order valence-corrected chi connectivity index (χ2v) is 11.2. The number of piperidine rings is 1. The van der Waals surface area contributed by atoms with Crippen molar-refractivity contribution < 1.29 is 21.8 Å². The highest BCUT2D eigenvalue weighted by Gasteiger charge is 2.32. The van der Waals surface area contributed by atoms with Crippen LogP contribution in [0.4, 0.5) is 11.4 Å². The molecule has 2 unspecified atom stereocenters. The molecule has 11 heteroatoms. The Bertz CT molecular complexity index is 1140. The maximum absolute atomic E-state index is 12.9. The molecule has 0 radical (unpaired) electrons. The first-order valence-corrected chi connectivity index (χ1v) is 12.3. The van der Waals surface area contributed by atoms with Crippen molar-refractivity contribution in [1.82, 2.24) is 4.31 Å². The van der Waals surface area contributed by atoms with Crippen molar-refractivity contribution in [2.45, 2.75) is 30.1 Å². The molecule has 1 N–H and O–H groups in total. The van der Waals surface area contributed by atoms with Crippen molar-refractivity contribution in [2.24, 2.45) is 11.8 Å². The topological polar surface area (TPSA) is 127 Å². The Morgan fingerprint density at radius 3 is 2.10 bits per heavy atom. The number of para-hydroxylation sites is 1. The van der Waals surface area contributed by atoms with Crippen LogP contribution < -0.4 is 4.72 Å². The van der Waals surface area contributed by atoms with Gasteiger partial charge in [0.05, 0.1) is 9.82 Å². The van der Waals surface area contributed by atoms with Gasteiger partial charge in [-0.1, -0.05) is 26.0 Å². The molecule has 9 nitrogen and oxygen atoms in total. The van der Waals surface area contributed by atoms with Gasteiger partial charge in [0.1, 0.15) is 0 Å². The number of hydrogen-bond donors (Lipinski definition) is 1. The van der Waals surface area contributed by atoms with Crippen molar-refractivity contribution >= 4 is 31.4 Å². The number of anilines is 1. The lowest BCUT2D eigenvalue weighted by Crippen LogP contribution is -2.42. The normalized spacial score (nSPS) is 20.6. The highest BCUT2D eigenvalue weighted by atomic mass is 32.2. The first-order chi connectivity index (χ1) is 14.0. The Hall–Kier alpha value is -2.50. The second-order valence-electron chi connectivity index (χ2n) is 7.62. The van der Waals surface area contributed by atoms with Gasteiger partial charge in [0, 0.05) is 24.8 Å². The standard InChI is InChI=1S/C19H23N3O6S2/c1-14-11-15(2)13-21(12-14)30(27,28)17-9-7-16(8-10-17)20-29(25,26)19-6-4-3-5-18(19)22(23)24/h3-10,14-15,20H,11-13H2,1-2H3. The molecule has 0 saturated carbocycles. The van der Waals surface area contributed by atoms with E-state index in [0.29, 0.717) is 13.1 Å². The molecule has 1 saturated heterocycles. The molecule has 1 fully saturated rings. The Kier molecular flexibility index (Phi) is 6.16. The van der Waals surface area contributed by atoms with Gasteiger partial charge in [0.15, 0.2) is 4.90 Å². The van der Waals surface area contributed by atoms with E-state index in [-0.39, 0.29) is 22.4 Å². The number of nitrogens with one attached hydrogen (secondary N) is 1. The van der Waals surface area contributed by atoms with Gasteiger partial charge >= 0.3 is 0 Å². The molecule has 2 aromatic carbocycles. The quantitative estimate of drug-likeness (QED) is 0.529. The van der Waals surface area contributed by atoms with Crippen LogP contribution in [-0.2, 0) is 20.0 Å². The number of nitro benzene ring substituents is 1. The molecule has 2 aromatic rings. The van der Waals surface area contributed by atoms with E-state index in [9.17, 15) is 26.9 Å². The zero-order chi connectivity index (χ0) is 22.1. The zero-order valence-electron chi connectivity index (χ0n) is 16.6. The number of nitrogens with zero attached hydrogens (tertiary/aromatic N) is 2. The highest BCUT2D eigenvalue weighted by Crippen LogP contribution is 2.28. The summed E-state index contributed by atoms with van der Waals surface area (Å²) in [6.45, 7) is 4.91. The lowest BCUT2D eigenvalue weighted by molar-refractivity contribution is -0.387. The van der Waals surface area contributed by atoms with E-state index >= 15 is 0 Å². The third-order valence-corrected chi connectivity index (χ3v) is 8.21. The Morgan fingerprint density at radius 1 is 0.967 bits per heavy atom. The smallest absolute Gasteiger partial charge is 0.279 e. The lowest BCUT2D eigenvalue weighted by atomic mass is 9.94. The fourth-order valence-corrected chi connectivity index (χ4v) is 6.60. The molecule has 1 aliphatic rings. The fraction of sp³-hybridized carbons (Fsp3) is 0.368. The maximum Gasteiger partial charge on any atom is 0.289 e. The minimum atomic E-state index is -4.22. The zero-order valence-corrected chi connectivity index (χ0v) is 18.2. The van der Waals surface area contributed by atoms with Crippen LogP contribution >= 0.6 is 0 Å². The molecule has 162 valence electrons. The van der Waals surface area contributed by atoms with Crippen LogP contribution in [0.1, 0.15) is 20.3 Å². The molecule has 0 aromatic heterocycles. The number of hydrogen-bond acceptors (Lipinski definition) is 6. The van der Waals surface area contributed by atoms with Crippen LogP contribution in [0.3, 0.4) is 0 Å². The summed E-state index contributed by atoms with van der Waals surface area (Å²) in [6, 6.07) is 10.3. The van der Waals surface area contributed by atoms with E-state index in [2.05, 4.69) is 4.72 Å². The first kappa shape index (κ1) is 22.2. The Labute approximate surface area is 176 Å². The molecule has 1 heterocycles. The van der Waals surface area contributed by atoms with E-state index < -0.39 is 35.6 Å². The van der Waals surface area contributed by atoms with Crippen LogP contribution in [0.25, 0.3) is 0 Å². The SMILES string of the molecule is CC1CC(C)CN(S(=O)(=O)c2ccc(NS(=O)(=O)c3ccccc3[N+](=O)[O-])cc2)C1. The number of rotatable bonds is 6. The summed E-state index contributed by atoms with van der Waals surface area (Å²) in [5, 5.41) is 11.1. The van der Waals surface area contributed by atoms with Crippen molar-refractivity contribution in [1.29, 1.82) is 0 Å². The van der Waals surface area contributed by atoms with Gasteiger partial charge in [-0.2, -0.15) is 4.31 Å². The molecule has 3 rings (SSSR count). The lowest BCUT2D eigenvalue weighted by Gasteiger charge is -2.34. The number of benzene rings is 2. The van der Waals surface area contributed by atoms with Crippen LogP contribution in [-0.4, -0.2) is 39.2 Å². The molecule has 1 aliphatic heterocycles. The third-order valence-electron chi connectivity index (χ3n) is 4.93. The van der Waals surface area contributed by atoms with Gasteiger partial charge in [0.2, 0.25) is 10.0 Å². The van der Waals surface area contributed by atoms with Crippen LogP contribution in [0.2, 0.25) is 0 Å². The summed E-state index contributed by atoms with van der Waals surface area (Å²) in [4.78, 5) is 9.94. The molecule has 30 heavy (non-hydrogen) atoms. The monoisotopic (exact) mass is 453 g/mol. The summed E-state index contributed by atoms with van der Waals surface area (Å²) < 4.78 is 54.7. The third kappa shape index (κ3) is 4.63. The van der Waals surface area contributed by atoms with Crippen molar-refractivity contribution in [3.8, 4) is 0 Å². The van der Waals surface area contributed by atoms with Gasteiger partial charge in [-0.25, -0.2) is 16.8 Å². The van der Waals surface area contributed by atoms with Crippen LogP contribution in [0.5, 0.6) is 0 Å². The first-order valence-electron chi connectivity index (χ1n) is 9.37. The molecular formula is C19H23N3O6S2. The largest absolute Gasteiger partial charge is 0.289 e. The average molecular weight is 454 g/mol. The maximum atomic E-state index is 12.9. The van der Waals surface area contributed by atoms with E-state index in [1.165, 1.54) is 40.7 Å². The molecule has 0 aliphatic carbocycles. The van der Waals surface area contributed by atoms with Crippen molar-refractivity contribution in [3.63, 3.8) is 0 Å². The Morgan fingerprint density at radius 2 is 1.53 bits per heavy atom. The predicted octanol–water partition coefficient (Wildman–Crippen LogP) is 3.06. The summed E-state index contributed by atoms with van der Waals surface area (Å²) >= 11 is 0. The number of sulfonamides is 2. The minimum Gasteiger partial charge on any atom is -0.279 e. The van der Waals surface area contributed by atoms with Gasteiger partial charge in [-0.3, -0.25) is 14.8 Å². The van der Waals surface area contributed by atoms with Gasteiger partial charge in [-0.15, -0.1) is 0 Å². The van der Waals surface area contributed by atoms with Crippen molar-refractivity contribution in [2.75, 3.05) is 17.8 Å². The molecule has 0 spiro atoms. The van der Waals surface area contributed by atoms with E-state index in [4.69, 9.17) is 0 Å². The molecule has 0 amide bonds. The summed E-state index contributed by atoms with van der Waals surface area (Å²) in [5.41, 5.74) is -0.440. The number of nitro groups is 1. The molecule has 0 bridgehead atoms. The predicted molar refractivity (Wildman–Crippen MR) is 112 cm³/mol. The van der Waals surface area contributed by atoms with Gasteiger partial charge < -0.3 is 0 Å². The van der Waals surface area contributed by atoms with Crippen molar-refractivity contribution in [3.05, 3.63) is 58.6 Å².